The third-order valence-electron chi connectivity index (χ3n) is 3.95. The van der Waals surface area contributed by atoms with Crippen LogP contribution in [0.15, 0.2) is 0 Å². The lowest BCUT2D eigenvalue weighted by molar-refractivity contribution is -0.129. The molecule has 2 aromatic heterocycles. The van der Waals surface area contributed by atoms with E-state index in [2.05, 4.69) is 16.4 Å². The summed E-state index contributed by atoms with van der Waals surface area (Å²) in [5.41, 5.74) is 2.16. The van der Waals surface area contributed by atoms with Gasteiger partial charge in [-0.15, -0.1) is 22.7 Å². The number of amides is 2. The Balaban J connectivity index is 1.90. The van der Waals surface area contributed by atoms with Gasteiger partial charge in [0.15, 0.2) is 0 Å². The molecule has 1 aliphatic rings. The molecule has 0 radical (unpaired) electrons. The van der Waals surface area contributed by atoms with Gasteiger partial charge in [0.25, 0.3) is 5.91 Å². The SMILES string of the molecule is CC(=O)N1CCc2c(sc(NC(=O)c3sc(C)nc3C)c2C#N)C1. The van der Waals surface area contributed by atoms with Gasteiger partial charge >= 0.3 is 0 Å². The van der Waals surface area contributed by atoms with Crippen LogP contribution in [0.3, 0.4) is 0 Å². The molecule has 2 aromatic rings. The average molecular weight is 360 g/mol. The molecule has 3 rings (SSSR count). The zero-order valence-corrected chi connectivity index (χ0v) is 15.2. The number of carbonyl (C=O) groups excluding carboxylic acids is 2. The molecule has 0 unspecified atom stereocenters. The Hall–Kier alpha value is -2.24. The van der Waals surface area contributed by atoms with E-state index in [0.29, 0.717) is 40.6 Å². The van der Waals surface area contributed by atoms with Crippen LogP contribution in [0.5, 0.6) is 0 Å². The second-order valence-corrected chi connectivity index (χ2v) is 7.92. The molecular formula is C16H16N4O2S2. The Morgan fingerprint density at radius 1 is 1.33 bits per heavy atom. The molecule has 1 aliphatic heterocycles. The normalized spacial score (nSPS) is 13.3. The van der Waals surface area contributed by atoms with Crippen LogP contribution in [0.2, 0.25) is 0 Å². The Morgan fingerprint density at radius 3 is 2.67 bits per heavy atom. The number of nitriles is 1. The summed E-state index contributed by atoms with van der Waals surface area (Å²) in [7, 11) is 0. The number of nitrogens with one attached hydrogen (secondary N) is 1. The highest BCUT2D eigenvalue weighted by Gasteiger charge is 2.27. The van der Waals surface area contributed by atoms with Crippen molar-refractivity contribution in [2.24, 2.45) is 0 Å². The molecule has 124 valence electrons. The summed E-state index contributed by atoms with van der Waals surface area (Å²) in [4.78, 5) is 31.6. The third-order valence-corrected chi connectivity index (χ3v) is 6.15. The summed E-state index contributed by atoms with van der Waals surface area (Å²) in [6.45, 7) is 6.30. The molecule has 8 heteroatoms. The molecule has 0 bridgehead atoms. The molecule has 0 spiro atoms. The summed E-state index contributed by atoms with van der Waals surface area (Å²) in [6, 6.07) is 2.20. The fraction of sp³-hybridized carbons (Fsp3) is 0.375. The number of aryl methyl sites for hydroxylation is 2. The first kappa shape index (κ1) is 16.6. The number of thiophene rings is 1. The highest BCUT2D eigenvalue weighted by Crippen LogP contribution is 2.37. The van der Waals surface area contributed by atoms with E-state index >= 15 is 0 Å². The van der Waals surface area contributed by atoms with Gasteiger partial charge in [-0.25, -0.2) is 4.98 Å². The van der Waals surface area contributed by atoms with E-state index in [1.807, 2.05) is 6.92 Å². The van der Waals surface area contributed by atoms with Gasteiger partial charge in [-0.3, -0.25) is 9.59 Å². The van der Waals surface area contributed by atoms with Gasteiger partial charge in [0.2, 0.25) is 5.91 Å². The molecule has 0 aliphatic carbocycles. The van der Waals surface area contributed by atoms with Crippen LogP contribution < -0.4 is 5.32 Å². The molecule has 0 saturated heterocycles. The number of hydrogen-bond donors (Lipinski definition) is 1. The van der Waals surface area contributed by atoms with Crippen LogP contribution in [0.1, 0.15) is 43.3 Å². The van der Waals surface area contributed by atoms with Crippen LogP contribution in [0.25, 0.3) is 0 Å². The second kappa shape index (κ2) is 6.34. The van der Waals surface area contributed by atoms with Crippen LogP contribution >= 0.6 is 22.7 Å². The van der Waals surface area contributed by atoms with Crippen molar-refractivity contribution in [1.82, 2.24) is 9.88 Å². The van der Waals surface area contributed by atoms with Crippen molar-refractivity contribution in [2.75, 3.05) is 11.9 Å². The number of fused-ring (bicyclic) bond motifs is 1. The second-order valence-electron chi connectivity index (χ2n) is 5.61. The Labute approximate surface area is 147 Å². The molecule has 0 fully saturated rings. The lowest BCUT2D eigenvalue weighted by atomic mass is 10.0. The standard InChI is InChI=1S/C16H16N4O2S2/c1-8-14(23-9(2)18-8)15(22)19-16-12(6-17)11-4-5-20(10(3)21)7-13(11)24-16/h4-5,7H2,1-3H3,(H,19,22). The van der Waals surface area contributed by atoms with Gasteiger partial charge in [0, 0.05) is 18.3 Å². The largest absolute Gasteiger partial charge is 0.337 e. The Morgan fingerprint density at radius 2 is 2.08 bits per heavy atom. The predicted octanol–water partition coefficient (Wildman–Crippen LogP) is 2.85. The maximum absolute atomic E-state index is 12.5. The van der Waals surface area contributed by atoms with E-state index in [-0.39, 0.29) is 11.8 Å². The average Bonchev–Trinajstić information content (AvgIpc) is 3.05. The van der Waals surface area contributed by atoms with Crippen molar-refractivity contribution in [2.45, 2.75) is 33.7 Å². The van der Waals surface area contributed by atoms with Crippen molar-refractivity contribution in [3.05, 3.63) is 31.6 Å². The van der Waals surface area contributed by atoms with Gasteiger partial charge in [-0.2, -0.15) is 5.26 Å². The first-order valence-corrected chi connectivity index (χ1v) is 9.09. The molecule has 2 amide bonds. The quantitative estimate of drug-likeness (QED) is 0.892. The van der Waals surface area contributed by atoms with Gasteiger partial charge in [0.05, 0.1) is 22.8 Å². The molecule has 3 heterocycles. The van der Waals surface area contributed by atoms with Gasteiger partial charge in [0.1, 0.15) is 15.9 Å². The molecule has 0 atom stereocenters. The summed E-state index contributed by atoms with van der Waals surface area (Å²) in [6.07, 6.45) is 0.642. The van der Waals surface area contributed by atoms with Crippen LogP contribution in [-0.2, 0) is 17.8 Å². The molecule has 0 aromatic carbocycles. The Kier molecular flexibility index (Phi) is 4.39. The number of aromatic nitrogens is 1. The fourth-order valence-electron chi connectivity index (χ4n) is 2.78. The topological polar surface area (TPSA) is 86.1 Å². The van der Waals surface area contributed by atoms with Crippen LogP contribution in [0, 0.1) is 25.2 Å². The Bertz CT molecular complexity index is 876. The maximum atomic E-state index is 12.5. The summed E-state index contributed by atoms with van der Waals surface area (Å²) < 4.78 is 0. The van der Waals surface area contributed by atoms with Crippen LogP contribution in [0.4, 0.5) is 5.00 Å². The number of rotatable bonds is 2. The predicted molar refractivity (Wildman–Crippen MR) is 93.4 cm³/mol. The minimum atomic E-state index is -0.239. The monoisotopic (exact) mass is 360 g/mol. The smallest absolute Gasteiger partial charge is 0.268 e. The molecule has 24 heavy (non-hydrogen) atoms. The van der Waals surface area contributed by atoms with E-state index < -0.39 is 0 Å². The minimum Gasteiger partial charge on any atom is -0.337 e. The minimum absolute atomic E-state index is 0.0221. The van der Waals surface area contributed by atoms with Crippen molar-refractivity contribution < 1.29 is 9.59 Å². The lowest BCUT2D eigenvalue weighted by Gasteiger charge is -2.25. The zero-order valence-electron chi connectivity index (χ0n) is 13.6. The zero-order chi connectivity index (χ0) is 17.4. The maximum Gasteiger partial charge on any atom is 0.268 e. The first-order chi connectivity index (χ1) is 11.4. The van der Waals surface area contributed by atoms with E-state index in [1.165, 1.54) is 22.7 Å². The fourth-order valence-corrected chi connectivity index (χ4v) is 4.80. The van der Waals surface area contributed by atoms with E-state index in [4.69, 9.17) is 0 Å². The van der Waals surface area contributed by atoms with Crippen molar-refractivity contribution in [3.8, 4) is 6.07 Å². The van der Waals surface area contributed by atoms with E-state index in [1.54, 1.807) is 18.7 Å². The summed E-state index contributed by atoms with van der Waals surface area (Å²) in [5, 5.41) is 13.7. The van der Waals surface area contributed by atoms with Crippen molar-refractivity contribution in [3.63, 3.8) is 0 Å². The number of thiazole rings is 1. The first-order valence-electron chi connectivity index (χ1n) is 7.46. The van der Waals surface area contributed by atoms with Crippen molar-refractivity contribution in [1.29, 1.82) is 5.26 Å². The van der Waals surface area contributed by atoms with Crippen LogP contribution in [-0.4, -0.2) is 28.2 Å². The number of carbonyl (C=O) groups is 2. The highest BCUT2D eigenvalue weighted by molar-refractivity contribution is 7.17. The van der Waals surface area contributed by atoms with Gasteiger partial charge in [-0.05, 0) is 25.8 Å². The molecule has 0 saturated carbocycles. The molecular weight excluding hydrogens is 344 g/mol. The van der Waals surface area contributed by atoms with Crippen molar-refractivity contribution >= 4 is 39.5 Å². The van der Waals surface area contributed by atoms with Gasteiger partial charge < -0.3 is 10.2 Å². The number of anilines is 1. The van der Waals surface area contributed by atoms with Gasteiger partial charge in [-0.1, -0.05) is 0 Å². The number of nitrogens with zero attached hydrogens (tertiary/aromatic N) is 3. The van der Waals surface area contributed by atoms with E-state index in [0.717, 1.165) is 15.4 Å². The third kappa shape index (κ3) is 2.92. The highest BCUT2D eigenvalue weighted by atomic mass is 32.1. The lowest BCUT2D eigenvalue weighted by Crippen LogP contribution is -2.33. The molecule has 6 nitrogen and oxygen atoms in total. The number of hydrogen-bond acceptors (Lipinski definition) is 6. The summed E-state index contributed by atoms with van der Waals surface area (Å²) >= 11 is 2.72. The van der Waals surface area contributed by atoms with E-state index in [9.17, 15) is 14.9 Å². The molecule has 1 N–H and O–H groups in total. The summed E-state index contributed by atoms with van der Waals surface area (Å²) in [5.74, 6) is -0.217.